The maximum absolute atomic E-state index is 13.5. The molecule has 2 heterocycles. The normalized spacial score (nSPS) is 11.7. The van der Waals surface area contributed by atoms with Crippen LogP contribution in [-0.4, -0.2) is 8.97 Å². The number of para-hydroxylation sites is 2. The molecule has 162 valence electrons. The van der Waals surface area contributed by atoms with E-state index in [0.717, 1.165) is 17.7 Å². The molecular weight excluding hydrogens is 427 g/mol. The summed E-state index contributed by atoms with van der Waals surface area (Å²) in [7, 11) is 1.64. The summed E-state index contributed by atoms with van der Waals surface area (Å²) >= 11 is 0. The zero-order valence-corrected chi connectivity index (χ0v) is 17.4. The molecule has 5 aromatic rings. The maximum atomic E-state index is 13.5. The Morgan fingerprint density at radius 3 is 2.03 bits per heavy atom. The molecule has 7 heteroatoms. The third-order valence-corrected chi connectivity index (χ3v) is 5.82. The Morgan fingerprint density at radius 1 is 0.818 bits per heavy atom. The lowest BCUT2D eigenvalue weighted by Crippen LogP contribution is -2.20. The molecule has 0 saturated heterocycles. The molecule has 0 aliphatic rings. The van der Waals surface area contributed by atoms with E-state index >= 15 is 0 Å². The topological polar surface area (TPSA) is 50.2 Å². The van der Waals surface area contributed by atoms with E-state index in [4.69, 9.17) is 0 Å². The highest BCUT2D eigenvalue weighted by Crippen LogP contribution is 2.39. The second kappa shape index (κ2) is 7.38. The number of aryl methyl sites for hydroxylation is 1. The van der Waals surface area contributed by atoms with Crippen LogP contribution in [0.15, 0.2) is 83.7 Å². The first-order valence-corrected chi connectivity index (χ1v) is 10.1. The van der Waals surface area contributed by atoms with Crippen molar-refractivity contribution in [3.63, 3.8) is 0 Å². The minimum absolute atomic E-state index is 0.231. The van der Waals surface area contributed by atoms with Gasteiger partial charge in [0.25, 0.3) is 5.56 Å². The van der Waals surface area contributed by atoms with Crippen molar-refractivity contribution in [2.24, 2.45) is 7.05 Å². The van der Waals surface area contributed by atoms with Gasteiger partial charge < -0.3 is 8.97 Å². The number of nitrogens with zero attached hydrogens (tertiary/aromatic N) is 3. The summed E-state index contributed by atoms with van der Waals surface area (Å²) in [5.41, 5.74) is 2.65. The molecule has 0 atom stereocenters. The fourth-order valence-corrected chi connectivity index (χ4v) is 4.31. The Bertz CT molecular complexity index is 1620. The van der Waals surface area contributed by atoms with Gasteiger partial charge in [-0.25, -0.2) is 0 Å². The van der Waals surface area contributed by atoms with Crippen molar-refractivity contribution in [3.8, 4) is 28.5 Å². The minimum atomic E-state index is -4.49. The van der Waals surface area contributed by atoms with Crippen LogP contribution in [0.1, 0.15) is 11.1 Å². The molecule has 0 radical (unpaired) electrons. The molecule has 0 N–H and O–H groups in total. The van der Waals surface area contributed by atoms with Crippen molar-refractivity contribution < 1.29 is 13.2 Å². The summed E-state index contributed by atoms with van der Waals surface area (Å²) in [6, 6.07) is 23.3. The van der Waals surface area contributed by atoms with E-state index in [-0.39, 0.29) is 16.6 Å². The molecular formula is C26H16F3N3O. The number of halogens is 3. The van der Waals surface area contributed by atoms with Crippen molar-refractivity contribution in [1.29, 1.82) is 5.26 Å². The summed E-state index contributed by atoms with van der Waals surface area (Å²) in [5.74, 6) is 0. The average molecular weight is 443 g/mol. The lowest BCUT2D eigenvalue weighted by atomic mass is 9.98. The third-order valence-electron chi connectivity index (χ3n) is 5.82. The first-order chi connectivity index (χ1) is 15.8. The Morgan fingerprint density at radius 2 is 1.42 bits per heavy atom. The van der Waals surface area contributed by atoms with Gasteiger partial charge in [0.2, 0.25) is 0 Å². The fourth-order valence-electron chi connectivity index (χ4n) is 4.31. The van der Waals surface area contributed by atoms with Crippen LogP contribution in [0.2, 0.25) is 0 Å². The molecule has 0 spiro atoms. The van der Waals surface area contributed by atoms with Crippen LogP contribution in [0.4, 0.5) is 13.2 Å². The van der Waals surface area contributed by atoms with Gasteiger partial charge in [0, 0.05) is 12.6 Å². The molecule has 0 unspecified atom stereocenters. The van der Waals surface area contributed by atoms with Crippen LogP contribution < -0.4 is 5.56 Å². The first-order valence-electron chi connectivity index (χ1n) is 10.1. The lowest BCUT2D eigenvalue weighted by molar-refractivity contribution is -0.137. The molecule has 0 aliphatic heterocycles. The summed E-state index contributed by atoms with van der Waals surface area (Å²) < 4.78 is 42.6. The predicted molar refractivity (Wildman–Crippen MR) is 121 cm³/mol. The maximum Gasteiger partial charge on any atom is 0.416 e. The molecule has 0 bridgehead atoms. The van der Waals surface area contributed by atoms with Gasteiger partial charge in [-0.05, 0) is 35.4 Å². The Balaban J connectivity index is 2.00. The molecule has 4 nitrogen and oxygen atoms in total. The van der Waals surface area contributed by atoms with Crippen LogP contribution in [0.5, 0.6) is 0 Å². The molecule has 0 fully saturated rings. The lowest BCUT2D eigenvalue weighted by Gasteiger charge is -2.11. The van der Waals surface area contributed by atoms with E-state index in [0.29, 0.717) is 27.9 Å². The van der Waals surface area contributed by atoms with Gasteiger partial charge in [-0.2, -0.15) is 18.4 Å². The number of alkyl halides is 3. The molecule has 2 aromatic heterocycles. The van der Waals surface area contributed by atoms with Gasteiger partial charge in [0.15, 0.2) is 0 Å². The second-order valence-corrected chi connectivity index (χ2v) is 7.69. The quantitative estimate of drug-likeness (QED) is 0.335. The third kappa shape index (κ3) is 3.11. The van der Waals surface area contributed by atoms with Crippen molar-refractivity contribution in [3.05, 3.63) is 100 Å². The van der Waals surface area contributed by atoms with Crippen LogP contribution >= 0.6 is 0 Å². The first kappa shape index (κ1) is 20.6. The Hall–Kier alpha value is -4.31. The summed E-state index contributed by atoms with van der Waals surface area (Å²) in [6.07, 6.45) is -4.49. The largest absolute Gasteiger partial charge is 0.416 e. The predicted octanol–water partition coefficient (Wildman–Crippen LogP) is 6.02. The van der Waals surface area contributed by atoms with Gasteiger partial charge in [0.1, 0.15) is 11.6 Å². The van der Waals surface area contributed by atoms with Crippen molar-refractivity contribution in [2.75, 3.05) is 0 Å². The van der Waals surface area contributed by atoms with E-state index in [1.807, 2.05) is 54.6 Å². The fraction of sp³-hybridized carbons (Fsp3) is 0.0769. The van der Waals surface area contributed by atoms with Crippen molar-refractivity contribution in [1.82, 2.24) is 8.97 Å². The van der Waals surface area contributed by atoms with Crippen LogP contribution in [0, 0.1) is 11.3 Å². The van der Waals surface area contributed by atoms with Gasteiger partial charge in [-0.1, -0.05) is 54.6 Å². The van der Waals surface area contributed by atoms with Crippen molar-refractivity contribution >= 4 is 16.6 Å². The smallest absolute Gasteiger partial charge is 0.308 e. The number of hydrogen-bond donors (Lipinski definition) is 0. The van der Waals surface area contributed by atoms with Crippen LogP contribution in [-0.2, 0) is 13.2 Å². The van der Waals surface area contributed by atoms with Gasteiger partial charge in [-0.15, -0.1) is 0 Å². The number of rotatable bonds is 2. The van der Waals surface area contributed by atoms with Crippen LogP contribution in [0.25, 0.3) is 38.9 Å². The monoisotopic (exact) mass is 443 g/mol. The molecule has 33 heavy (non-hydrogen) atoms. The van der Waals surface area contributed by atoms with Gasteiger partial charge >= 0.3 is 6.18 Å². The number of benzene rings is 3. The molecule has 0 saturated carbocycles. The number of aromatic nitrogens is 2. The zero-order valence-electron chi connectivity index (χ0n) is 17.4. The second-order valence-electron chi connectivity index (χ2n) is 7.69. The Labute approximate surface area is 186 Å². The highest BCUT2D eigenvalue weighted by Gasteiger charge is 2.31. The Kier molecular flexibility index (Phi) is 4.61. The molecule has 0 aliphatic carbocycles. The minimum Gasteiger partial charge on any atom is -0.308 e. The molecule has 3 aromatic carbocycles. The molecule has 0 amide bonds. The number of nitriles is 1. The summed E-state index contributed by atoms with van der Waals surface area (Å²) in [6.45, 7) is 0. The van der Waals surface area contributed by atoms with E-state index < -0.39 is 11.7 Å². The highest BCUT2D eigenvalue weighted by molar-refractivity contribution is 5.97. The highest BCUT2D eigenvalue weighted by atomic mass is 19.4. The van der Waals surface area contributed by atoms with E-state index in [1.54, 1.807) is 11.4 Å². The van der Waals surface area contributed by atoms with Gasteiger partial charge in [-0.3, -0.25) is 4.79 Å². The molecule has 5 rings (SSSR count). The van der Waals surface area contributed by atoms with E-state index in [2.05, 4.69) is 6.07 Å². The summed E-state index contributed by atoms with van der Waals surface area (Å²) in [5, 5.41) is 10.2. The van der Waals surface area contributed by atoms with Gasteiger partial charge in [0.05, 0.1) is 27.9 Å². The number of hydrogen-bond acceptors (Lipinski definition) is 2. The van der Waals surface area contributed by atoms with E-state index in [9.17, 15) is 23.2 Å². The van der Waals surface area contributed by atoms with Crippen molar-refractivity contribution in [2.45, 2.75) is 6.18 Å². The van der Waals surface area contributed by atoms with E-state index in [1.165, 1.54) is 16.7 Å². The number of fused-ring (bicyclic) bond motifs is 3. The summed E-state index contributed by atoms with van der Waals surface area (Å²) in [4.78, 5) is 13.5. The standard InChI is InChI=1S/C26H16F3N3O/c1-31-20-9-5-6-10-21(20)32-23(17-7-3-2-4-8-17)19(15-30)22(24(32)25(31)33)16-11-13-18(14-12-16)26(27,28)29/h2-14H,1H3. The zero-order chi connectivity index (χ0) is 23.3. The average Bonchev–Trinajstić information content (AvgIpc) is 3.18. The SMILES string of the molecule is Cn1c(=O)c2c(-c3ccc(C(F)(F)F)cc3)c(C#N)c(-c3ccccc3)n2c2ccccc21. The van der Waals surface area contributed by atoms with Crippen LogP contribution in [0.3, 0.4) is 0 Å².